The average Bonchev–Trinajstić information content (AvgIpc) is 2.91. The predicted molar refractivity (Wildman–Crippen MR) is 71.6 cm³/mol. The minimum atomic E-state index is -0.646. The number of amides is 1. The molecule has 0 aliphatic heterocycles. The third-order valence-corrected chi connectivity index (χ3v) is 2.44. The highest BCUT2D eigenvalue weighted by Crippen LogP contribution is 2.21. The van der Waals surface area contributed by atoms with E-state index in [1.54, 1.807) is 0 Å². The third-order valence-electron chi connectivity index (χ3n) is 2.44. The molecule has 1 amide bonds. The molecule has 0 bridgehead atoms. The monoisotopic (exact) mass is 276 g/mol. The fourth-order valence-corrected chi connectivity index (χ4v) is 1.57. The molecule has 0 aliphatic carbocycles. The van der Waals surface area contributed by atoms with Crippen LogP contribution in [0.1, 0.15) is 17.3 Å². The van der Waals surface area contributed by atoms with Gasteiger partial charge in [0, 0.05) is 18.8 Å². The first-order valence-corrected chi connectivity index (χ1v) is 5.80. The normalized spacial score (nSPS) is 10.1. The predicted octanol–water partition coefficient (Wildman–Crippen LogP) is 1.40. The van der Waals surface area contributed by atoms with E-state index < -0.39 is 10.8 Å². The maximum absolute atomic E-state index is 12.1. The molecule has 9 nitrogen and oxygen atoms in total. The van der Waals surface area contributed by atoms with Gasteiger partial charge in [-0.05, 0) is 6.92 Å². The number of hydrogen-bond acceptors (Lipinski definition) is 6. The lowest BCUT2D eigenvalue weighted by molar-refractivity contribution is -0.385. The molecule has 20 heavy (non-hydrogen) atoms. The van der Waals surface area contributed by atoms with Crippen molar-refractivity contribution in [2.45, 2.75) is 6.92 Å². The second-order valence-corrected chi connectivity index (χ2v) is 3.82. The summed E-state index contributed by atoms with van der Waals surface area (Å²) < 4.78 is 0. The van der Waals surface area contributed by atoms with Crippen molar-refractivity contribution >= 4 is 23.1 Å². The molecule has 104 valence electrons. The standard InChI is InChI=1S/C11H12N6O3/c1-2-12-10-3-8(9(6-13-10)17(19)20)11(18)16-7-4-14-15-5-7/h3-6H,2H2,1H3,(H,12,13)(H,14,15)(H,16,18). The van der Waals surface area contributed by atoms with E-state index in [4.69, 9.17) is 0 Å². The number of nitro groups is 1. The Balaban J connectivity index is 2.33. The van der Waals surface area contributed by atoms with Crippen molar-refractivity contribution in [3.05, 3.63) is 40.3 Å². The Labute approximate surface area is 113 Å². The van der Waals surface area contributed by atoms with Crippen molar-refractivity contribution in [1.82, 2.24) is 15.2 Å². The number of carbonyl (C=O) groups excluding carboxylic acids is 1. The van der Waals surface area contributed by atoms with Gasteiger partial charge in [0.05, 0.1) is 16.8 Å². The number of carbonyl (C=O) groups is 1. The van der Waals surface area contributed by atoms with Crippen LogP contribution in [0.4, 0.5) is 17.2 Å². The van der Waals surface area contributed by atoms with Crippen LogP contribution in [0.3, 0.4) is 0 Å². The number of aromatic nitrogens is 3. The Morgan fingerprint density at radius 3 is 2.90 bits per heavy atom. The Bertz CT molecular complexity index is 625. The van der Waals surface area contributed by atoms with Crippen molar-refractivity contribution < 1.29 is 9.72 Å². The molecule has 2 rings (SSSR count). The average molecular weight is 276 g/mol. The number of nitrogens with one attached hydrogen (secondary N) is 3. The van der Waals surface area contributed by atoms with Crippen LogP contribution < -0.4 is 10.6 Å². The zero-order chi connectivity index (χ0) is 14.5. The van der Waals surface area contributed by atoms with Crippen molar-refractivity contribution in [3.8, 4) is 0 Å². The van der Waals surface area contributed by atoms with E-state index in [1.807, 2.05) is 6.92 Å². The lowest BCUT2D eigenvalue weighted by atomic mass is 10.2. The van der Waals surface area contributed by atoms with Gasteiger partial charge in [0.25, 0.3) is 11.6 Å². The minimum Gasteiger partial charge on any atom is -0.370 e. The van der Waals surface area contributed by atoms with E-state index in [-0.39, 0.29) is 11.3 Å². The fraction of sp³-hybridized carbons (Fsp3) is 0.182. The van der Waals surface area contributed by atoms with Gasteiger partial charge >= 0.3 is 0 Å². The molecule has 0 fully saturated rings. The summed E-state index contributed by atoms with van der Waals surface area (Å²) in [6, 6.07) is 1.34. The van der Waals surface area contributed by atoms with E-state index >= 15 is 0 Å². The first-order valence-electron chi connectivity index (χ1n) is 5.80. The molecule has 2 heterocycles. The van der Waals surface area contributed by atoms with Crippen LogP contribution in [0.5, 0.6) is 0 Å². The number of nitrogens with zero attached hydrogens (tertiary/aromatic N) is 3. The molecule has 0 spiro atoms. The van der Waals surface area contributed by atoms with E-state index in [9.17, 15) is 14.9 Å². The van der Waals surface area contributed by atoms with E-state index in [0.29, 0.717) is 18.1 Å². The van der Waals surface area contributed by atoms with Gasteiger partial charge in [-0.15, -0.1) is 0 Å². The largest absolute Gasteiger partial charge is 0.370 e. The van der Waals surface area contributed by atoms with Gasteiger partial charge in [-0.1, -0.05) is 0 Å². The van der Waals surface area contributed by atoms with Gasteiger partial charge in [0.2, 0.25) is 0 Å². The van der Waals surface area contributed by atoms with Crippen molar-refractivity contribution in [1.29, 1.82) is 0 Å². The Hall–Kier alpha value is -2.97. The quantitative estimate of drug-likeness (QED) is 0.559. The van der Waals surface area contributed by atoms with Gasteiger partial charge < -0.3 is 10.6 Å². The number of H-pyrrole nitrogens is 1. The Kier molecular flexibility index (Phi) is 3.89. The number of hydrogen-bond donors (Lipinski definition) is 3. The van der Waals surface area contributed by atoms with Gasteiger partial charge in [0.15, 0.2) is 0 Å². The molecule has 3 N–H and O–H groups in total. The summed E-state index contributed by atoms with van der Waals surface area (Å²) >= 11 is 0. The molecule has 0 radical (unpaired) electrons. The third kappa shape index (κ3) is 2.88. The Morgan fingerprint density at radius 1 is 1.50 bits per heavy atom. The molecule has 0 saturated heterocycles. The number of rotatable bonds is 5. The first-order chi connectivity index (χ1) is 9.61. The molecule has 2 aromatic heterocycles. The molecule has 0 aromatic carbocycles. The van der Waals surface area contributed by atoms with Crippen LogP contribution in [0.15, 0.2) is 24.7 Å². The van der Waals surface area contributed by atoms with Crippen LogP contribution in [0.25, 0.3) is 0 Å². The van der Waals surface area contributed by atoms with Crippen LogP contribution in [0, 0.1) is 10.1 Å². The second kappa shape index (κ2) is 5.78. The molecule has 0 aliphatic rings. The van der Waals surface area contributed by atoms with Gasteiger partial charge in [-0.3, -0.25) is 20.0 Å². The SMILES string of the molecule is CCNc1cc(C(=O)Nc2cn[nH]c2)c([N+](=O)[O-])cn1. The second-order valence-electron chi connectivity index (χ2n) is 3.82. The molecular formula is C11H12N6O3. The van der Waals surface area contributed by atoms with E-state index in [2.05, 4.69) is 25.8 Å². The van der Waals surface area contributed by atoms with Crippen LogP contribution >= 0.6 is 0 Å². The Morgan fingerprint density at radius 2 is 2.30 bits per heavy atom. The lowest BCUT2D eigenvalue weighted by Gasteiger charge is -2.06. The zero-order valence-electron chi connectivity index (χ0n) is 10.6. The van der Waals surface area contributed by atoms with Crippen LogP contribution in [-0.4, -0.2) is 32.6 Å². The summed E-state index contributed by atoms with van der Waals surface area (Å²) in [5.74, 6) is -0.199. The van der Waals surface area contributed by atoms with Crippen LogP contribution in [0.2, 0.25) is 0 Å². The highest BCUT2D eigenvalue weighted by molar-refractivity contribution is 6.07. The lowest BCUT2D eigenvalue weighted by Crippen LogP contribution is -2.15. The summed E-state index contributed by atoms with van der Waals surface area (Å²) in [4.78, 5) is 26.3. The zero-order valence-corrected chi connectivity index (χ0v) is 10.6. The summed E-state index contributed by atoms with van der Waals surface area (Å²) in [6.45, 7) is 2.45. The molecular weight excluding hydrogens is 264 g/mol. The smallest absolute Gasteiger partial charge is 0.300 e. The minimum absolute atomic E-state index is 0.0675. The van der Waals surface area contributed by atoms with E-state index in [0.717, 1.165) is 6.20 Å². The number of pyridine rings is 1. The number of aromatic amines is 1. The summed E-state index contributed by atoms with van der Waals surface area (Å²) in [6.07, 6.45) is 3.93. The van der Waals surface area contributed by atoms with Gasteiger partial charge in [-0.2, -0.15) is 5.10 Å². The van der Waals surface area contributed by atoms with Gasteiger partial charge in [-0.25, -0.2) is 4.98 Å². The molecule has 9 heteroatoms. The van der Waals surface area contributed by atoms with Crippen molar-refractivity contribution in [2.75, 3.05) is 17.2 Å². The summed E-state index contributed by atoms with van der Waals surface area (Å²) in [5.41, 5.74) is 0.000842. The summed E-state index contributed by atoms with van der Waals surface area (Å²) in [7, 11) is 0. The topological polar surface area (TPSA) is 126 Å². The maximum atomic E-state index is 12.1. The molecule has 0 saturated carbocycles. The number of anilines is 2. The van der Waals surface area contributed by atoms with Gasteiger partial charge in [0.1, 0.15) is 17.6 Å². The summed E-state index contributed by atoms with van der Waals surface area (Å²) in [5, 5.41) is 22.6. The molecule has 0 atom stereocenters. The fourth-order valence-electron chi connectivity index (χ4n) is 1.57. The maximum Gasteiger partial charge on any atom is 0.300 e. The van der Waals surface area contributed by atoms with E-state index in [1.165, 1.54) is 18.5 Å². The van der Waals surface area contributed by atoms with Crippen LogP contribution in [-0.2, 0) is 0 Å². The highest BCUT2D eigenvalue weighted by atomic mass is 16.6. The molecule has 0 unspecified atom stereocenters. The molecule has 2 aromatic rings. The highest BCUT2D eigenvalue weighted by Gasteiger charge is 2.21. The van der Waals surface area contributed by atoms with Crippen molar-refractivity contribution in [2.24, 2.45) is 0 Å². The first kappa shape index (κ1) is 13.5. The van der Waals surface area contributed by atoms with Crippen molar-refractivity contribution in [3.63, 3.8) is 0 Å².